The first kappa shape index (κ1) is 14.4. The van der Waals surface area contributed by atoms with E-state index < -0.39 is 0 Å². The van der Waals surface area contributed by atoms with Crippen molar-refractivity contribution in [1.82, 2.24) is 4.90 Å². The highest BCUT2D eigenvalue weighted by molar-refractivity contribution is 5.49. The quantitative estimate of drug-likeness (QED) is 0.905. The van der Waals surface area contributed by atoms with Crippen LogP contribution in [0.4, 0.5) is 5.69 Å². The first-order valence-corrected chi connectivity index (χ1v) is 7.26. The van der Waals surface area contributed by atoms with E-state index in [2.05, 4.69) is 55.0 Å². The van der Waals surface area contributed by atoms with Gasteiger partial charge in [0.1, 0.15) is 0 Å². The van der Waals surface area contributed by atoms with Crippen LogP contribution in [-0.2, 0) is 0 Å². The van der Waals surface area contributed by atoms with E-state index in [9.17, 15) is 5.11 Å². The molecule has 1 heterocycles. The van der Waals surface area contributed by atoms with Crippen LogP contribution in [-0.4, -0.2) is 48.8 Å². The molecule has 0 amide bonds. The molecule has 19 heavy (non-hydrogen) atoms. The average molecular weight is 262 g/mol. The van der Waals surface area contributed by atoms with Gasteiger partial charge in [0, 0.05) is 37.5 Å². The normalized spacial score (nSPS) is 25.4. The summed E-state index contributed by atoms with van der Waals surface area (Å²) in [6, 6.07) is 9.71. The first-order chi connectivity index (χ1) is 9.11. The maximum Gasteiger partial charge on any atom is 0.0451 e. The molecule has 0 bridgehead atoms. The Morgan fingerprint density at radius 1 is 1.37 bits per heavy atom. The van der Waals surface area contributed by atoms with Gasteiger partial charge in [-0.1, -0.05) is 12.1 Å². The van der Waals surface area contributed by atoms with E-state index in [1.807, 2.05) is 0 Å². The summed E-state index contributed by atoms with van der Waals surface area (Å²) in [6.07, 6.45) is 2.01. The number of aliphatic hydroxyl groups is 1. The molecule has 0 aromatic heterocycles. The van der Waals surface area contributed by atoms with Crippen LogP contribution in [0, 0.1) is 6.92 Å². The Labute approximate surface area is 116 Å². The maximum absolute atomic E-state index is 9.34. The second kappa shape index (κ2) is 6.40. The van der Waals surface area contributed by atoms with E-state index in [-0.39, 0.29) is 6.61 Å². The molecular weight excluding hydrogens is 236 g/mol. The number of hydrogen-bond acceptors (Lipinski definition) is 3. The van der Waals surface area contributed by atoms with Crippen molar-refractivity contribution in [3.63, 3.8) is 0 Å². The molecule has 1 aliphatic rings. The topological polar surface area (TPSA) is 26.7 Å². The number of aliphatic hydroxyl groups excluding tert-OH is 1. The van der Waals surface area contributed by atoms with Gasteiger partial charge in [-0.05, 0) is 51.4 Å². The van der Waals surface area contributed by atoms with E-state index in [1.165, 1.54) is 17.7 Å². The Morgan fingerprint density at radius 3 is 2.84 bits per heavy atom. The van der Waals surface area contributed by atoms with Gasteiger partial charge >= 0.3 is 0 Å². The predicted molar refractivity (Wildman–Crippen MR) is 80.7 cm³/mol. The monoisotopic (exact) mass is 262 g/mol. The highest BCUT2D eigenvalue weighted by atomic mass is 16.3. The van der Waals surface area contributed by atoms with E-state index in [0.29, 0.717) is 12.1 Å². The minimum absolute atomic E-state index is 0.259. The van der Waals surface area contributed by atoms with Crippen LogP contribution in [0.2, 0.25) is 0 Å². The Bertz CT molecular complexity index is 407. The lowest BCUT2D eigenvalue weighted by Crippen LogP contribution is -2.41. The van der Waals surface area contributed by atoms with Crippen molar-refractivity contribution in [3.05, 3.63) is 29.8 Å². The molecule has 1 aromatic carbocycles. The maximum atomic E-state index is 9.34. The molecule has 0 saturated carbocycles. The standard InChI is InChI=1S/C16H26N2O/c1-13-5-4-6-15(11-13)18-9-7-14(2)17(3)12-16(18)8-10-19/h4-6,11,14,16,19H,7-10,12H2,1-3H3. The van der Waals surface area contributed by atoms with Gasteiger partial charge in [-0.15, -0.1) is 0 Å². The fraction of sp³-hybridized carbons (Fsp3) is 0.625. The van der Waals surface area contributed by atoms with Gasteiger partial charge in [0.2, 0.25) is 0 Å². The lowest BCUT2D eigenvalue weighted by molar-refractivity contribution is 0.227. The minimum Gasteiger partial charge on any atom is -0.396 e. The zero-order valence-corrected chi connectivity index (χ0v) is 12.3. The van der Waals surface area contributed by atoms with E-state index in [4.69, 9.17) is 0 Å². The highest BCUT2D eigenvalue weighted by Gasteiger charge is 2.26. The molecule has 1 aliphatic heterocycles. The number of nitrogens with zero attached hydrogens (tertiary/aromatic N) is 2. The summed E-state index contributed by atoms with van der Waals surface area (Å²) in [5.41, 5.74) is 2.59. The molecule has 1 saturated heterocycles. The number of likely N-dealkylation sites (N-methyl/N-ethyl adjacent to an activating group) is 1. The number of hydrogen-bond donors (Lipinski definition) is 1. The molecule has 3 nitrogen and oxygen atoms in total. The number of anilines is 1. The molecule has 1 N–H and O–H groups in total. The lowest BCUT2D eigenvalue weighted by Gasteiger charge is -2.33. The van der Waals surface area contributed by atoms with Gasteiger partial charge < -0.3 is 14.9 Å². The lowest BCUT2D eigenvalue weighted by atomic mass is 10.1. The third kappa shape index (κ3) is 3.48. The van der Waals surface area contributed by atoms with E-state index in [0.717, 1.165) is 19.5 Å². The first-order valence-electron chi connectivity index (χ1n) is 7.26. The van der Waals surface area contributed by atoms with Crippen LogP contribution in [0.3, 0.4) is 0 Å². The van der Waals surface area contributed by atoms with Crippen LogP contribution in [0.5, 0.6) is 0 Å². The van der Waals surface area contributed by atoms with Crippen molar-refractivity contribution in [2.24, 2.45) is 0 Å². The largest absolute Gasteiger partial charge is 0.396 e. The molecule has 2 rings (SSSR count). The predicted octanol–water partition coefficient (Wildman–Crippen LogP) is 2.28. The molecule has 1 fully saturated rings. The summed E-state index contributed by atoms with van der Waals surface area (Å²) in [4.78, 5) is 4.89. The van der Waals surface area contributed by atoms with Gasteiger partial charge in [0.05, 0.1) is 0 Å². The summed E-state index contributed by atoms with van der Waals surface area (Å²) >= 11 is 0. The molecule has 0 radical (unpaired) electrons. The summed E-state index contributed by atoms with van der Waals surface area (Å²) in [5, 5.41) is 9.34. The Morgan fingerprint density at radius 2 is 2.16 bits per heavy atom. The van der Waals surface area contributed by atoms with Crippen LogP contribution in [0.25, 0.3) is 0 Å². The summed E-state index contributed by atoms with van der Waals surface area (Å²) in [5.74, 6) is 0. The second-order valence-electron chi connectivity index (χ2n) is 5.78. The Balaban J connectivity index is 2.24. The van der Waals surface area contributed by atoms with Crippen molar-refractivity contribution < 1.29 is 5.11 Å². The Kier molecular flexibility index (Phi) is 4.83. The van der Waals surface area contributed by atoms with Gasteiger partial charge in [0.25, 0.3) is 0 Å². The molecule has 3 heteroatoms. The Hall–Kier alpha value is -1.06. The van der Waals surface area contributed by atoms with Crippen molar-refractivity contribution >= 4 is 5.69 Å². The van der Waals surface area contributed by atoms with Crippen LogP contribution in [0.1, 0.15) is 25.3 Å². The van der Waals surface area contributed by atoms with Crippen LogP contribution < -0.4 is 4.90 Å². The van der Waals surface area contributed by atoms with E-state index >= 15 is 0 Å². The van der Waals surface area contributed by atoms with E-state index in [1.54, 1.807) is 0 Å². The molecule has 0 aliphatic carbocycles. The number of rotatable bonds is 3. The van der Waals surface area contributed by atoms with Crippen LogP contribution in [0.15, 0.2) is 24.3 Å². The summed E-state index contributed by atoms with van der Waals surface area (Å²) in [6.45, 7) is 6.78. The SMILES string of the molecule is Cc1cccc(N2CCC(C)N(C)CC2CCO)c1. The molecule has 0 spiro atoms. The average Bonchev–Trinajstić information content (AvgIpc) is 2.51. The molecular formula is C16H26N2O. The van der Waals surface area contributed by atoms with Crippen molar-refractivity contribution in [1.29, 1.82) is 0 Å². The van der Waals surface area contributed by atoms with Crippen molar-refractivity contribution in [3.8, 4) is 0 Å². The second-order valence-corrected chi connectivity index (χ2v) is 5.78. The zero-order valence-electron chi connectivity index (χ0n) is 12.3. The molecule has 2 atom stereocenters. The number of benzene rings is 1. The van der Waals surface area contributed by atoms with Gasteiger partial charge in [0.15, 0.2) is 0 Å². The minimum atomic E-state index is 0.259. The number of aryl methyl sites for hydroxylation is 1. The summed E-state index contributed by atoms with van der Waals surface area (Å²) in [7, 11) is 2.19. The smallest absolute Gasteiger partial charge is 0.0451 e. The fourth-order valence-corrected chi connectivity index (χ4v) is 2.88. The third-order valence-electron chi connectivity index (χ3n) is 4.28. The van der Waals surface area contributed by atoms with Gasteiger partial charge in [-0.25, -0.2) is 0 Å². The van der Waals surface area contributed by atoms with Crippen LogP contribution >= 0.6 is 0 Å². The van der Waals surface area contributed by atoms with Crippen molar-refractivity contribution in [2.75, 3.05) is 31.6 Å². The fourth-order valence-electron chi connectivity index (χ4n) is 2.88. The van der Waals surface area contributed by atoms with Crippen molar-refractivity contribution in [2.45, 2.75) is 38.8 Å². The summed E-state index contributed by atoms with van der Waals surface area (Å²) < 4.78 is 0. The zero-order chi connectivity index (χ0) is 13.8. The van der Waals surface area contributed by atoms with Gasteiger partial charge in [-0.2, -0.15) is 0 Å². The molecule has 2 unspecified atom stereocenters. The van der Waals surface area contributed by atoms with Gasteiger partial charge in [-0.3, -0.25) is 0 Å². The third-order valence-corrected chi connectivity index (χ3v) is 4.28. The molecule has 106 valence electrons. The molecule has 1 aromatic rings. The highest BCUT2D eigenvalue weighted by Crippen LogP contribution is 2.24.